The van der Waals surface area contributed by atoms with E-state index < -0.39 is 6.09 Å². The fraction of sp³-hybridized carbons (Fsp3) is 0.300. The molecule has 0 spiro atoms. The van der Waals surface area contributed by atoms with Crippen LogP contribution in [-0.4, -0.2) is 67.9 Å². The Bertz CT molecular complexity index is 2030. The number of likely N-dealkylation sites (tertiary alicyclic amines) is 1. The predicted octanol–water partition coefficient (Wildman–Crippen LogP) is 7.05. The molecule has 2 aliphatic rings. The van der Waals surface area contributed by atoms with Crippen molar-refractivity contribution in [3.8, 4) is 23.0 Å². The molecule has 10 heteroatoms. The largest absolute Gasteiger partial charge is 0.473 e. The number of carbonyl (C=O) groups excluding carboxylic acids is 1. The molecule has 1 saturated heterocycles. The topological polar surface area (TPSA) is 110 Å². The van der Waals surface area contributed by atoms with Crippen LogP contribution in [-0.2, 0) is 25.1 Å². The van der Waals surface area contributed by atoms with Gasteiger partial charge in [0.25, 0.3) is 0 Å². The van der Waals surface area contributed by atoms with E-state index >= 15 is 0 Å². The highest BCUT2D eigenvalue weighted by atomic mass is 16.5. The van der Waals surface area contributed by atoms with Crippen molar-refractivity contribution < 1.29 is 24.2 Å². The summed E-state index contributed by atoms with van der Waals surface area (Å²) in [6, 6.07) is 30.2. The van der Waals surface area contributed by atoms with Gasteiger partial charge in [-0.25, -0.2) is 4.79 Å². The average Bonchev–Trinajstić information content (AvgIpc) is 3.48. The van der Waals surface area contributed by atoms with Gasteiger partial charge in [0.1, 0.15) is 18.9 Å². The van der Waals surface area contributed by atoms with Crippen LogP contribution in [0.15, 0.2) is 97.1 Å². The normalized spacial score (nSPS) is 17.8. The van der Waals surface area contributed by atoms with E-state index in [-0.39, 0.29) is 17.7 Å². The van der Waals surface area contributed by atoms with Crippen molar-refractivity contribution in [2.24, 2.45) is 18.9 Å². The fourth-order valence-electron chi connectivity index (χ4n) is 6.96. The number of piperidine rings is 1. The number of fused-ring (bicyclic) bond motifs is 1. The third kappa shape index (κ3) is 7.05. The average molecular weight is 672 g/mol. The van der Waals surface area contributed by atoms with Crippen molar-refractivity contribution in [1.29, 1.82) is 0 Å². The molecule has 2 aromatic heterocycles. The summed E-state index contributed by atoms with van der Waals surface area (Å²) < 4.78 is 14.3. The van der Waals surface area contributed by atoms with Gasteiger partial charge in [-0.2, -0.15) is 10.1 Å². The lowest BCUT2D eigenvalue weighted by Gasteiger charge is -2.38. The number of hydrogen-bond acceptors (Lipinski definition) is 6. The first-order valence-corrected chi connectivity index (χ1v) is 17.1. The number of carbonyl (C=O) groups is 2. The molecule has 10 nitrogen and oxygen atoms in total. The first-order chi connectivity index (χ1) is 24.3. The van der Waals surface area contributed by atoms with Gasteiger partial charge in [-0.1, -0.05) is 79.7 Å². The number of aryl methyl sites for hydroxylation is 1. The van der Waals surface area contributed by atoms with Crippen LogP contribution in [0.4, 0.5) is 4.79 Å². The second-order valence-corrected chi connectivity index (χ2v) is 13.1. The summed E-state index contributed by atoms with van der Waals surface area (Å²) in [7, 11) is 1.94. The van der Waals surface area contributed by atoms with Gasteiger partial charge in [0, 0.05) is 50.6 Å². The number of amides is 2. The van der Waals surface area contributed by atoms with Crippen LogP contribution in [0, 0.1) is 11.8 Å². The number of rotatable bonds is 9. The molecule has 2 atom stereocenters. The Morgan fingerprint density at radius 2 is 1.60 bits per heavy atom. The standard InChI is InChI=1S/C40H41N5O5/c1-27-24-45(40(47)48)22-19-32(27)39(46)44-20-17-30(18-21-44)31-13-14-33-35(23-31)43(2)42-37(33)34-15-16-36(49-25-28-9-5-3-6-10-28)41-38(34)50-26-29-11-7-4-8-12-29/h3-17,23,27,32H,18-22,24-26H2,1-2H3,(H,47,48)/t27-,32+/m0/s1. The molecule has 256 valence electrons. The molecule has 4 heterocycles. The number of aromatic nitrogens is 3. The minimum absolute atomic E-state index is 0.00311. The number of benzene rings is 3. The highest BCUT2D eigenvalue weighted by Crippen LogP contribution is 2.37. The first-order valence-electron chi connectivity index (χ1n) is 17.1. The summed E-state index contributed by atoms with van der Waals surface area (Å²) in [6.07, 6.45) is 2.54. The zero-order valence-corrected chi connectivity index (χ0v) is 28.4. The molecule has 0 bridgehead atoms. The van der Waals surface area contributed by atoms with Crippen LogP contribution in [0.1, 0.15) is 36.5 Å². The Balaban J connectivity index is 1.11. The van der Waals surface area contributed by atoms with E-state index in [1.165, 1.54) is 10.5 Å². The van der Waals surface area contributed by atoms with Crippen molar-refractivity contribution in [3.05, 3.63) is 114 Å². The highest BCUT2D eigenvalue weighted by molar-refractivity contribution is 5.96. The maximum Gasteiger partial charge on any atom is 0.407 e. The van der Waals surface area contributed by atoms with E-state index in [1.54, 1.807) is 0 Å². The van der Waals surface area contributed by atoms with Crippen LogP contribution >= 0.6 is 0 Å². The molecule has 5 aromatic rings. The van der Waals surface area contributed by atoms with Gasteiger partial charge in [0.05, 0.1) is 11.1 Å². The Hall–Kier alpha value is -5.64. The summed E-state index contributed by atoms with van der Waals surface area (Å²) in [5.74, 6) is 0.896. The van der Waals surface area contributed by atoms with Crippen molar-refractivity contribution in [2.45, 2.75) is 33.0 Å². The molecule has 0 saturated carbocycles. The van der Waals surface area contributed by atoms with E-state index in [2.05, 4.69) is 24.3 Å². The molecule has 1 N–H and O–H groups in total. The second-order valence-electron chi connectivity index (χ2n) is 13.1. The van der Waals surface area contributed by atoms with Gasteiger partial charge in [0.2, 0.25) is 17.7 Å². The van der Waals surface area contributed by atoms with Gasteiger partial charge in [-0.15, -0.1) is 0 Å². The summed E-state index contributed by atoms with van der Waals surface area (Å²) in [5, 5.41) is 15.3. The van der Waals surface area contributed by atoms with Crippen molar-refractivity contribution in [1.82, 2.24) is 24.6 Å². The van der Waals surface area contributed by atoms with Crippen LogP contribution in [0.2, 0.25) is 0 Å². The maximum atomic E-state index is 13.4. The van der Waals surface area contributed by atoms with E-state index in [1.807, 2.05) is 96.3 Å². The highest BCUT2D eigenvalue weighted by Gasteiger charge is 2.35. The smallest absolute Gasteiger partial charge is 0.407 e. The van der Waals surface area contributed by atoms with E-state index in [9.17, 15) is 14.7 Å². The Labute approximate surface area is 291 Å². The molecular weight excluding hydrogens is 630 g/mol. The van der Waals surface area contributed by atoms with E-state index in [0.717, 1.165) is 45.3 Å². The molecule has 3 aromatic carbocycles. The molecule has 2 aliphatic heterocycles. The van der Waals surface area contributed by atoms with Gasteiger partial charge >= 0.3 is 6.09 Å². The first kappa shape index (κ1) is 32.9. The molecular formula is C40H41N5O5. The molecule has 0 unspecified atom stereocenters. The minimum Gasteiger partial charge on any atom is -0.473 e. The monoisotopic (exact) mass is 671 g/mol. The Kier molecular flexibility index (Phi) is 9.51. The van der Waals surface area contributed by atoms with E-state index in [4.69, 9.17) is 19.6 Å². The zero-order chi connectivity index (χ0) is 34.6. The number of pyridine rings is 1. The second kappa shape index (κ2) is 14.5. The Morgan fingerprint density at radius 3 is 2.26 bits per heavy atom. The van der Waals surface area contributed by atoms with Gasteiger partial charge in [-0.05, 0) is 59.2 Å². The molecule has 0 radical (unpaired) electrons. The lowest BCUT2D eigenvalue weighted by Crippen LogP contribution is -2.49. The molecule has 0 aliphatic carbocycles. The molecule has 7 rings (SSSR count). The lowest BCUT2D eigenvalue weighted by molar-refractivity contribution is -0.138. The summed E-state index contributed by atoms with van der Waals surface area (Å²) in [6.45, 7) is 4.71. The summed E-state index contributed by atoms with van der Waals surface area (Å²) >= 11 is 0. The summed E-state index contributed by atoms with van der Waals surface area (Å²) in [5.41, 5.74) is 6.92. The number of nitrogens with zero attached hydrogens (tertiary/aromatic N) is 5. The summed E-state index contributed by atoms with van der Waals surface area (Å²) in [4.78, 5) is 32.9. The third-order valence-corrected chi connectivity index (χ3v) is 9.77. The number of hydrogen-bond donors (Lipinski definition) is 1. The Morgan fingerprint density at radius 1 is 0.880 bits per heavy atom. The van der Waals surface area contributed by atoms with Crippen molar-refractivity contribution in [2.75, 3.05) is 26.2 Å². The molecule has 1 fully saturated rings. The minimum atomic E-state index is -0.915. The van der Waals surface area contributed by atoms with Crippen molar-refractivity contribution in [3.63, 3.8) is 0 Å². The van der Waals surface area contributed by atoms with Crippen LogP contribution < -0.4 is 9.47 Å². The quantitative estimate of drug-likeness (QED) is 0.179. The van der Waals surface area contributed by atoms with Crippen LogP contribution in [0.25, 0.3) is 27.7 Å². The lowest BCUT2D eigenvalue weighted by atomic mass is 9.85. The van der Waals surface area contributed by atoms with Gasteiger partial charge in [0.15, 0.2) is 0 Å². The maximum absolute atomic E-state index is 13.4. The third-order valence-electron chi connectivity index (χ3n) is 9.77. The van der Waals surface area contributed by atoms with Gasteiger partial charge < -0.3 is 24.4 Å². The molecule has 2 amide bonds. The SMILES string of the molecule is C[C@H]1CN(C(=O)O)CC[C@H]1C(=O)N1CC=C(c2ccc3c(-c4ccc(OCc5ccccc5)nc4OCc4ccccc4)nn(C)c3c2)CC1. The predicted molar refractivity (Wildman–Crippen MR) is 192 cm³/mol. The van der Waals surface area contributed by atoms with Crippen LogP contribution in [0.5, 0.6) is 11.8 Å². The van der Waals surface area contributed by atoms with Crippen molar-refractivity contribution >= 4 is 28.5 Å². The van der Waals surface area contributed by atoms with E-state index in [0.29, 0.717) is 57.6 Å². The van der Waals surface area contributed by atoms with Gasteiger partial charge in [-0.3, -0.25) is 9.48 Å². The fourth-order valence-corrected chi connectivity index (χ4v) is 6.96. The van der Waals surface area contributed by atoms with Crippen LogP contribution in [0.3, 0.4) is 0 Å². The number of ether oxygens (including phenoxy) is 2. The molecule has 50 heavy (non-hydrogen) atoms. The zero-order valence-electron chi connectivity index (χ0n) is 28.4. The number of carboxylic acid groups (broad SMARTS) is 1.